The molecule has 1 aromatic carbocycles. The number of aromatic nitrogens is 2. The van der Waals surface area contributed by atoms with Crippen molar-refractivity contribution in [1.29, 1.82) is 0 Å². The van der Waals surface area contributed by atoms with Crippen molar-refractivity contribution in [2.24, 2.45) is 0 Å². The van der Waals surface area contributed by atoms with Crippen LogP contribution in [0, 0.1) is 13.8 Å². The zero-order valence-electron chi connectivity index (χ0n) is 15.6. The quantitative estimate of drug-likeness (QED) is 0.695. The van der Waals surface area contributed by atoms with Crippen LogP contribution in [0.2, 0.25) is 0 Å². The van der Waals surface area contributed by atoms with Gasteiger partial charge in [-0.25, -0.2) is 0 Å². The van der Waals surface area contributed by atoms with Crippen LogP contribution < -0.4 is 4.74 Å². The minimum Gasteiger partial charge on any atom is -0.497 e. The fourth-order valence-corrected chi connectivity index (χ4v) is 3.71. The second kappa shape index (κ2) is 6.90. The van der Waals surface area contributed by atoms with Crippen molar-refractivity contribution in [3.8, 4) is 17.0 Å². The Kier molecular flexibility index (Phi) is 4.43. The van der Waals surface area contributed by atoms with Gasteiger partial charge in [-0.05, 0) is 38.8 Å². The Labute approximate surface area is 156 Å². The van der Waals surface area contributed by atoms with E-state index < -0.39 is 0 Å². The molecule has 1 aliphatic heterocycles. The van der Waals surface area contributed by atoms with Crippen molar-refractivity contribution in [3.05, 3.63) is 53.1 Å². The summed E-state index contributed by atoms with van der Waals surface area (Å²) in [6, 6.07) is 9.12. The molecule has 140 valence electrons. The minimum atomic E-state index is -0.167. The molecule has 1 aliphatic rings. The maximum absolute atomic E-state index is 13.1. The molecule has 0 radical (unpaired) electrons. The number of carbonyl (C=O) groups excluding carboxylic acids is 1. The van der Waals surface area contributed by atoms with E-state index in [0.29, 0.717) is 12.2 Å². The molecule has 4 rings (SSSR count). The highest BCUT2D eigenvalue weighted by Gasteiger charge is 2.35. The summed E-state index contributed by atoms with van der Waals surface area (Å²) in [6.07, 6.45) is 1.81. The third-order valence-electron chi connectivity index (χ3n) is 5.02. The number of rotatable bonds is 4. The summed E-state index contributed by atoms with van der Waals surface area (Å²) in [5.41, 5.74) is 3.26. The van der Waals surface area contributed by atoms with E-state index in [0.717, 1.165) is 41.2 Å². The van der Waals surface area contributed by atoms with Gasteiger partial charge in [0.1, 0.15) is 17.2 Å². The first-order valence-electron chi connectivity index (χ1n) is 8.93. The number of ether oxygens (including phenoxy) is 1. The number of nitrogens with zero attached hydrogens (tertiary/aromatic N) is 3. The highest BCUT2D eigenvalue weighted by molar-refractivity contribution is 5.93. The number of benzene rings is 1. The third kappa shape index (κ3) is 3.09. The van der Waals surface area contributed by atoms with E-state index in [2.05, 4.69) is 10.3 Å². The number of carbonyl (C=O) groups is 1. The predicted octanol–water partition coefficient (Wildman–Crippen LogP) is 3.93. The summed E-state index contributed by atoms with van der Waals surface area (Å²) < 4.78 is 15.9. The van der Waals surface area contributed by atoms with Gasteiger partial charge in [0.15, 0.2) is 0 Å². The molecule has 0 saturated carbocycles. The SMILES string of the molecule is COc1cccc(-c2cc(C(=O)N3CCCC3c3c(C)noc3C)on2)c1. The summed E-state index contributed by atoms with van der Waals surface area (Å²) in [7, 11) is 1.61. The molecule has 1 amide bonds. The van der Waals surface area contributed by atoms with Gasteiger partial charge in [-0.3, -0.25) is 4.79 Å². The molecule has 1 saturated heterocycles. The van der Waals surface area contributed by atoms with Gasteiger partial charge in [-0.15, -0.1) is 0 Å². The Balaban J connectivity index is 1.60. The van der Waals surface area contributed by atoms with E-state index in [-0.39, 0.29) is 17.7 Å². The molecule has 1 atom stereocenters. The lowest BCUT2D eigenvalue weighted by molar-refractivity contribution is 0.0692. The topological polar surface area (TPSA) is 81.6 Å². The molecule has 0 bridgehead atoms. The Morgan fingerprint density at radius 2 is 2.07 bits per heavy atom. The first kappa shape index (κ1) is 17.3. The van der Waals surface area contributed by atoms with Crippen LogP contribution in [0.15, 0.2) is 39.4 Å². The second-order valence-electron chi connectivity index (χ2n) is 6.70. The van der Waals surface area contributed by atoms with Crippen molar-refractivity contribution in [2.75, 3.05) is 13.7 Å². The Morgan fingerprint density at radius 1 is 1.22 bits per heavy atom. The van der Waals surface area contributed by atoms with Gasteiger partial charge >= 0.3 is 0 Å². The van der Waals surface area contributed by atoms with Gasteiger partial charge < -0.3 is 18.7 Å². The number of likely N-dealkylation sites (tertiary alicyclic amines) is 1. The van der Waals surface area contributed by atoms with Crippen LogP contribution >= 0.6 is 0 Å². The van der Waals surface area contributed by atoms with Gasteiger partial charge in [-0.1, -0.05) is 22.4 Å². The number of hydrogen-bond donors (Lipinski definition) is 0. The van der Waals surface area contributed by atoms with Crippen LogP contribution in [0.1, 0.15) is 46.5 Å². The van der Waals surface area contributed by atoms with Crippen molar-refractivity contribution >= 4 is 5.91 Å². The van der Waals surface area contributed by atoms with Gasteiger partial charge in [0, 0.05) is 23.7 Å². The zero-order valence-corrected chi connectivity index (χ0v) is 15.6. The normalized spacial score (nSPS) is 16.7. The van der Waals surface area contributed by atoms with Crippen LogP contribution in [0.25, 0.3) is 11.3 Å². The van der Waals surface area contributed by atoms with Gasteiger partial charge in [0.25, 0.3) is 5.91 Å². The number of amides is 1. The predicted molar refractivity (Wildman–Crippen MR) is 97.5 cm³/mol. The summed E-state index contributed by atoms with van der Waals surface area (Å²) >= 11 is 0. The van der Waals surface area contributed by atoms with E-state index in [1.54, 1.807) is 13.2 Å². The Morgan fingerprint density at radius 3 is 2.81 bits per heavy atom. The van der Waals surface area contributed by atoms with E-state index in [9.17, 15) is 4.79 Å². The molecule has 3 heterocycles. The highest BCUT2D eigenvalue weighted by atomic mass is 16.5. The largest absolute Gasteiger partial charge is 0.497 e. The molecular weight excluding hydrogens is 346 g/mol. The number of hydrogen-bond acceptors (Lipinski definition) is 6. The lowest BCUT2D eigenvalue weighted by Crippen LogP contribution is -2.30. The number of methoxy groups -OCH3 is 1. The molecule has 0 spiro atoms. The molecule has 1 unspecified atom stereocenters. The Hall–Kier alpha value is -3.09. The summed E-state index contributed by atoms with van der Waals surface area (Å²) in [4.78, 5) is 14.9. The lowest BCUT2D eigenvalue weighted by Gasteiger charge is -2.23. The maximum atomic E-state index is 13.1. The van der Waals surface area contributed by atoms with Crippen molar-refractivity contribution in [3.63, 3.8) is 0 Å². The summed E-state index contributed by atoms with van der Waals surface area (Å²) in [6.45, 7) is 4.45. The molecule has 3 aromatic rings. The van der Waals surface area contributed by atoms with E-state index in [1.165, 1.54) is 0 Å². The maximum Gasteiger partial charge on any atom is 0.293 e. The van der Waals surface area contributed by atoms with Crippen LogP contribution in [0.5, 0.6) is 5.75 Å². The second-order valence-corrected chi connectivity index (χ2v) is 6.70. The smallest absolute Gasteiger partial charge is 0.293 e. The average molecular weight is 367 g/mol. The van der Waals surface area contributed by atoms with Crippen LogP contribution in [-0.4, -0.2) is 34.8 Å². The monoisotopic (exact) mass is 367 g/mol. The van der Waals surface area contributed by atoms with Crippen LogP contribution in [-0.2, 0) is 0 Å². The van der Waals surface area contributed by atoms with E-state index in [1.807, 2.05) is 43.0 Å². The molecule has 1 fully saturated rings. The molecule has 7 nitrogen and oxygen atoms in total. The molecule has 2 aromatic heterocycles. The Bertz CT molecular complexity index is 956. The third-order valence-corrected chi connectivity index (χ3v) is 5.02. The standard InChI is InChI=1S/C20H21N3O4/c1-12-19(13(2)26-21-12)17-8-5-9-23(17)20(24)18-11-16(22-27-18)14-6-4-7-15(10-14)25-3/h4,6-7,10-11,17H,5,8-9H2,1-3H3. The highest BCUT2D eigenvalue weighted by Crippen LogP contribution is 2.36. The molecule has 0 aliphatic carbocycles. The summed E-state index contributed by atoms with van der Waals surface area (Å²) in [5.74, 6) is 1.54. The minimum absolute atomic E-state index is 0.0471. The summed E-state index contributed by atoms with van der Waals surface area (Å²) in [5, 5.41) is 8.10. The first-order chi connectivity index (χ1) is 13.1. The van der Waals surface area contributed by atoms with Gasteiger partial charge in [0.05, 0.1) is 18.8 Å². The zero-order chi connectivity index (χ0) is 19.0. The average Bonchev–Trinajstić information content (AvgIpc) is 3.41. The molecule has 27 heavy (non-hydrogen) atoms. The fourth-order valence-electron chi connectivity index (χ4n) is 3.71. The van der Waals surface area contributed by atoms with Crippen LogP contribution in [0.4, 0.5) is 0 Å². The van der Waals surface area contributed by atoms with Crippen LogP contribution in [0.3, 0.4) is 0 Å². The van der Waals surface area contributed by atoms with Gasteiger partial charge in [0.2, 0.25) is 5.76 Å². The number of aryl methyl sites for hydroxylation is 2. The molecular formula is C20H21N3O4. The fraction of sp³-hybridized carbons (Fsp3) is 0.350. The molecule has 7 heteroatoms. The van der Waals surface area contributed by atoms with Crippen molar-refractivity contribution in [2.45, 2.75) is 32.7 Å². The lowest BCUT2D eigenvalue weighted by atomic mass is 10.0. The molecule has 0 N–H and O–H groups in total. The van der Waals surface area contributed by atoms with E-state index >= 15 is 0 Å². The van der Waals surface area contributed by atoms with E-state index in [4.69, 9.17) is 13.8 Å². The first-order valence-corrected chi connectivity index (χ1v) is 8.93. The van der Waals surface area contributed by atoms with Crippen molar-refractivity contribution < 1.29 is 18.6 Å². The van der Waals surface area contributed by atoms with Crippen molar-refractivity contribution in [1.82, 2.24) is 15.2 Å². The van der Waals surface area contributed by atoms with Gasteiger partial charge in [-0.2, -0.15) is 0 Å².